The van der Waals surface area contributed by atoms with Crippen LogP contribution in [-0.4, -0.2) is 64.5 Å². The molecule has 41 heavy (non-hydrogen) atoms. The molecule has 8 heteroatoms. The van der Waals surface area contributed by atoms with Crippen LogP contribution < -0.4 is 15.0 Å². The molecule has 218 valence electrons. The van der Waals surface area contributed by atoms with Crippen LogP contribution in [0.3, 0.4) is 0 Å². The SMILES string of the molecule is Cc1cc(=O)n(CCN2CCC(N(Cc3ccc4c(c3)OCCO4)C(=O)O)CC2)c2cc(C3CCCCC3)ccc12. The van der Waals surface area contributed by atoms with E-state index in [0.717, 1.165) is 54.5 Å². The highest BCUT2D eigenvalue weighted by Crippen LogP contribution is 2.34. The number of amides is 1. The standard InChI is InChI=1S/C33H41N3O5/c1-23-19-32(37)35(29-21-26(8-9-28(23)29)25-5-3-2-4-6-25)16-15-34-13-11-27(12-14-34)36(33(38)39)22-24-7-10-30-31(20-24)41-18-17-40-30/h7-10,19-21,25,27H,2-6,11-18,22H2,1H3,(H,38,39). The van der Waals surface area contributed by atoms with Crippen LogP contribution in [0.1, 0.15) is 67.6 Å². The highest BCUT2D eigenvalue weighted by atomic mass is 16.6. The van der Waals surface area contributed by atoms with E-state index < -0.39 is 6.09 Å². The van der Waals surface area contributed by atoms with Gasteiger partial charge >= 0.3 is 6.09 Å². The van der Waals surface area contributed by atoms with Crippen molar-refractivity contribution in [2.24, 2.45) is 0 Å². The third-order valence-corrected chi connectivity index (χ3v) is 9.26. The summed E-state index contributed by atoms with van der Waals surface area (Å²) in [4.78, 5) is 29.3. The molecule has 8 nitrogen and oxygen atoms in total. The normalized spacial score (nSPS) is 18.5. The molecule has 1 saturated carbocycles. The first-order valence-corrected chi connectivity index (χ1v) is 15.2. The Kier molecular flexibility index (Phi) is 8.19. The fourth-order valence-corrected chi connectivity index (χ4v) is 6.92. The number of likely N-dealkylation sites (tertiary alicyclic amines) is 1. The first-order valence-electron chi connectivity index (χ1n) is 15.2. The lowest BCUT2D eigenvalue weighted by atomic mass is 9.83. The lowest BCUT2D eigenvalue weighted by Crippen LogP contribution is -2.47. The predicted octanol–water partition coefficient (Wildman–Crippen LogP) is 5.77. The van der Waals surface area contributed by atoms with E-state index in [1.165, 1.54) is 37.7 Å². The van der Waals surface area contributed by atoms with Gasteiger partial charge in [-0.3, -0.25) is 4.79 Å². The van der Waals surface area contributed by atoms with Crippen LogP contribution in [0, 0.1) is 6.92 Å². The molecule has 1 aliphatic carbocycles. The van der Waals surface area contributed by atoms with Crippen molar-refractivity contribution in [3.8, 4) is 11.5 Å². The first kappa shape index (κ1) is 27.6. The molecule has 3 aliphatic rings. The van der Waals surface area contributed by atoms with Crippen molar-refractivity contribution in [1.82, 2.24) is 14.4 Å². The molecule has 3 heterocycles. The Hall–Kier alpha value is -3.52. The van der Waals surface area contributed by atoms with Gasteiger partial charge in [0.1, 0.15) is 13.2 Å². The molecule has 0 atom stereocenters. The van der Waals surface area contributed by atoms with Crippen molar-refractivity contribution in [3.63, 3.8) is 0 Å². The number of fused-ring (bicyclic) bond motifs is 2. The lowest BCUT2D eigenvalue weighted by molar-refractivity contribution is 0.0856. The zero-order chi connectivity index (χ0) is 28.3. The van der Waals surface area contributed by atoms with E-state index in [1.54, 1.807) is 11.0 Å². The summed E-state index contributed by atoms with van der Waals surface area (Å²) in [7, 11) is 0. The molecule has 1 saturated heterocycles. The van der Waals surface area contributed by atoms with E-state index in [-0.39, 0.29) is 11.6 Å². The summed E-state index contributed by atoms with van der Waals surface area (Å²) in [5.74, 6) is 1.98. The number of ether oxygens (including phenoxy) is 2. The molecule has 0 radical (unpaired) electrons. The fraction of sp³-hybridized carbons (Fsp3) is 0.515. The third-order valence-electron chi connectivity index (χ3n) is 9.26. The number of carbonyl (C=O) groups is 1. The summed E-state index contributed by atoms with van der Waals surface area (Å²) >= 11 is 0. The molecule has 0 unspecified atom stereocenters. The molecule has 1 aromatic heterocycles. The third kappa shape index (κ3) is 6.08. The van der Waals surface area contributed by atoms with Gasteiger partial charge in [0.15, 0.2) is 11.5 Å². The van der Waals surface area contributed by atoms with Crippen LogP contribution in [0.5, 0.6) is 11.5 Å². The topological polar surface area (TPSA) is 84.2 Å². The number of nitrogens with zero attached hydrogens (tertiary/aromatic N) is 3. The van der Waals surface area contributed by atoms with Crippen molar-refractivity contribution in [2.75, 3.05) is 32.8 Å². The number of rotatable bonds is 7. The first-order chi connectivity index (χ1) is 20.0. The average molecular weight is 560 g/mol. The summed E-state index contributed by atoms with van der Waals surface area (Å²) < 4.78 is 13.2. The number of hydrogen-bond acceptors (Lipinski definition) is 5. The molecule has 2 aliphatic heterocycles. The summed E-state index contributed by atoms with van der Waals surface area (Å²) in [6, 6.07) is 14.1. The second-order valence-electron chi connectivity index (χ2n) is 11.9. The molecule has 1 amide bonds. The maximum Gasteiger partial charge on any atom is 0.407 e. The zero-order valence-electron chi connectivity index (χ0n) is 24.0. The smallest absolute Gasteiger partial charge is 0.407 e. The van der Waals surface area contributed by atoms with Gasteiger partial charge in [0.25, 0.3) is 5.56 Å². The number of piperidine rings is 1. The van der Waals surface area contributed by atoms with E-state index in [0.29, 0.717) is 43.7 Å². The molecule has 3 aromatic rings. The van der Waals surface area contributed by atoms with Crippen molar-refractivity contribution < 1.29 is 19.4 Å². The van der Waals surface area contributed by atoms with Gasteiger partial charge in [0, 0.05) is 50.2 Å². The second kappa shape index (κ2) is 12.1. The van der Waals surface area contributed by atoms with Crippen LogP contribution in [0.4, 0.5) is 4.79 Å². The highest BCUT2D eigenvalue weighted by molar-refractivity contribution is 5.83. The molecule has 0 spiro atoms. The van der Waals surface area contributed by atoms with Gasteiger partial charge in [0.05, 0.1) is 5.52 Å². The molecule has 0 bridgehead atoms. The quantitative estimate of drug-likeness (QED) is 0.396. The van der Waals surface area contributed by atoms with Crippen LogP contribution in [0.15, 0.2) is 47.3 Å². The number of carboxylic acid groups (broad SMARTS) is 1. The van der Waals surface area contributed by atoms with Gasteiger partial charge in [-0.25, -0.2) is 4.79 Å². The molecular formula is C33H41N3O5. The highest BCUT2D eigenvalue weighted by Gasteiger charge is 2.28. The van der Waals surface area contributed by atoms with Crippen LogP contribution in [0.2, 0.25) is 0 Å². The fourth-order valence-electron chi connectivity index (χ4n) is 6.92. The van der Waals surface area contributed by atoms with Gasteiger partial charge in [-0.1, -0.05) is 37.5 Å². The van der Waals surface area contributed by atoms with E-state index in [9.17, 15) is 14.7 Å². The summed E-state index contributed by atoms with van der Waals surface area (Å²) in [5.41, 5.74) is 4.40. The molecule has 1 N–H and O–H groups in total. The van der Waals surface area contributed by atoms with Gasteiger partial charge in [-0.15, -0.1) is 0 Å². The van der Waals surface area contributed by atoms with E-state index in [2.05, 4.69) is 23.1 Å². The zero-order valence-corrected chi connectivity index (χ0v) is 24.0. The Morgan fingerprint density at radius 2 is 1.68 bits per heavy atom. The molecule has 6 rings (SSSR count). The van der Waals surface area contributed by atoms with Gasteiger partial charge < -0.3 is 28.9 Å². The Morgan fingerprint density at radius 1 is 0.927 bits per heavy atom. The van der Waals surface area contributed by atoms with Crippen molar-refractivity contribution >= 4 is 17.0 Å². The van der Waals surface area contributed by atoms with Crippen molar-refractivity contribution in [1.29, 1.82) is 0 Å². The van der Waals surface area contributed by atoms with Gasteiger partial charge in [-0.05, 0) is 73.4 Å². The summed E-state index contributed by atoms with van der Waals surface area (Å²) in [6.45, 7) is 6.40. The van der Waals surface area contributed by atoms with E-state index in [4.69, 9.17) is 9.47 Å². The Labute approximate surface area is 241 Å². The van der Waals surface area contributed by atoms with Crippen LogP contribution in [0.25, 0.3) is 10.9 Å². The minimum absolute atomic E-state index is 0.0436. The van der Waals surface area contributed by atoms with Gasteiger partial charge in [0.2, 0.25) is 0 Å². The Balaban J connectivity index is 1.11. The monoisotopic (exact) mass is 559 g/mol. The summed E-state index contributed by atoms with van der Waals surface area (Å²) in [6.07, 6.45) is 7.01. The van der Waals surface area contributed by atoms with Crippen molar-refractivity contribution in [3.05, 3.63) is 69.5 Å². The van der Waals surface area contributed by atoms with Crippen LogP contribution >= 0.6 is 0 Å². The lowest BCUT2D eigenvalue weighted by Gasteiger charge is -2.37. The Bertz CT molecular complexity index is 1450. The molecule has 2 aromatic carbocycles. The Morgan fingerprint density at radius 3 is 2.44 bits per heavy atom. The second-order valence-corrected chi connectivity index (χ2v) is 11.9. The number of aromatic nitrogens is 1. The maximum absolute atomic E-state index is 13.1. The number of benzene rings is 2. The number of hydrogen-bond donors (Lipinski definition) is 1. The molecule has 2 fully saturated rings. The average Bonchev–Trinajstić information content (AvgIpc) is 3.00. The van der Waals surface area contributed by atoms with Crippen LogP contribution in [-0.2, 0) is 13.1 Å². The van der Waals surface area contributed by atoms with Crippen molar-refractivity contribution in [2.45, 2.75) is 76.9 Å². The minimum atomic E-state index is -0.898. The number of aryl methyl sites for hydroxylation is 1. The van der Waals surface area contributed by atoms with E-state index in [1.807, 2.05) is 29.7 Å². The molecular weight excluding hydrogens is 518 g/mol. The minimum Gasteiger partial charge on any atom is -0.486 e. The predicted molar refractivity (Wildman–Crippen MR) is 159 cm³/mol. The largest absolute Gasteiger partial charge is 0.486 e. The van der Waals surface area contributed by atoms with Gasteiger partial charge in [-0.2, -0.15) is 0 Å². The maximum atomic E-state index is 13.1. The van der Waals surface area contributed by atoms with E-state index >= 15 is 0 Å². The number of pyridine rings is 1. The summed E-state index contributed by atoms with van der Waals surface area (Å²) in [5, 5.41) is 11.2.